The topological polar surface area (TPSA) is 3.24 Å². The Hall–Kier alpha value is -0.180. The van der Waals surface area contributed by atoms with Crippen molar-refractivity contribution in [2.45, 2.75) is 32.5 Å². The average Bonchev–Trinajstić information content (AvgIpc) is 2.37. The second kappa shape index (κ2) is 4.17. The standard InChI is InChI=1S/C9H17F2N/c1-7(2)9(5-10)12-4-3-8(11)6-12/h7-9H,3-6H2,1-2H3/t8-,9?/m0/s1. The van der Waals surface area contributed by atoms with E-state index in [1.165, 1.54) is 0 Å². The van der Waals surface area contributed by atoms with E-state index in [9.17, 15) is 8.78 Å². The van der Waals surface area contributed by atoms with E-state index in [-0.39, 0.29) is 18.6 Å². The first-order valence-corrected chi connectivity index (χ1v) is 4.59. The molecule has 1 heterocycles. The van der Waals surface area contributed by atoms with E-state index in [1.807, 2.05) is 18.7 Å². The van der Waals surface area contributed by atoms with Gasteiger partial charge in [0.25, 0.3) is 0 Å². The van der Waals surface area contributed by atoms with Crippen LogP contribution >= 0.6 is 0 Å². The van der Waals surface area contributed by atoms with Crippen LogP contribution in [0.1, 0.15) is 20.3 Å². The van der Waals surface area contributed by atoms with Gasteiger partial charge in [0, 0.05) is 19.1 Å². The molecular weight excluding hydrogens is 160 g/mol. The van der Waals surface area contributed by atoms with E-state index >= 15 is 0 Å². The summed E-state index contributed by atoms with van der Waals surface area (Å²) in [4.78, 5) is 1.93. The van der Waals surface area contributed by atoms with Crippen molar-refractivity contribution < 1.29 is 8.78 Å². The highest BCUT2D eigenvalue weighted by Gasteiger charge is 2.29. The number of nitrogens with zero attached hydrogens (tertiary/aromatic N) is 1. The van der Waals surface area contributed by atoms with Gasteiger partial charge >= 0.3 is 0 Å². The van der Waals surface area contributed by atoms with Gasteiger partial charge in [-0.25, -0.2) is 8.78 Å². The Kier molecular flexibility index (Phi) is 3.44. The van der Waals surface area contributed by atoms with Crippen LogP contribution in [-0.4, -0.2) is 36.9 Å². The molecule has 1 saturated heterocycles. The van der Waals surface area contributed by atoms with E-state index in [0.29, 0.717) is 19.5 Å². The molecule has 0 radical (unpaired) electrons. The van der Waals surface area contributed by atoms with Crippen molar-refractivity contribution in [1.82, 2.24) is 4.90 Å². The lowest BCUT2D eigenvalue weighted by atomic mass is 10.0. The first-order chi connectivity index (χ1) is 5.65. The minimum Gasteiger partial charge on any atom is -0.295 e. The minimum atomic E-state index is -0.738. The fourth-order valence-corrected chi connectivity index (χ4v) is 1.74. The molecule has 1 rings (SSSR count). The lowest BCUT2D eigenvalue weighted by Crippen LogP contribution is -2.39. The zero-order chi connectivity index (χ0) is 9.14. The maximum Gasteiger partial charge on any atom is 0.114 e. The zero-order valence-electron chi connectivity index (χ0n) is 7.76. The van der Waals surface area contributed by atoms with Crippen molar-refractivity contribution in [3.8, 4) is 0 Å². The van der Waals surface area contributed by atoms with Gasteiger partial charge in [-0.3, -0.25) is 4.90 Å². The lowest BCUT2D eigenvalue weighted by molar-refractivity contribution is 0.147. The van der Waals surface area contributed by atoms with Crippen LogP contribution in [0, 0.1) is 5.92 Å². The van der Waals surface area contributed by atoms with Crippen LogP contribution in [-0.2, 0) is 0 Å². The summed E-state index contributed by atoms with van der Waals surface area (Å²) >= 11 is 0. The molecule has 1 nitrogen and oxygen atoms in total. The van der Waals surface area contributed by atoms with Crippen LogP contribution < -0.4 is 0 Å². The molecule has 0 spiro atoms. The summed E-state index contributed by atoms with van der Waals surface area (Å²) in [5.41, 5.74) is 0. The molecule has 12 heavy (non-hydrogen) atoms. The fraction of sp³-hybridized carbons (Fsp3) is 1.00. The predicted octanol–water partition coefficient (Wildman–Crippen LogP) is 2.02. The van der Waals surface area contributed by atoms with Gasteiger partial charge < -0.3 is 0 Å². The first kappa shape index (κ1) is 9.90. The van der Waals surface area contributed by atoms with Crippen molar-refractivity contribution in [3.63, 3.8) is 0 Å². The van der Waals surface area contributed by atoms with Crippen LogP contribution in [0.25, 0.3) is 0 Å². The van der Waals surface area contributed by atoms with Crippen molar-refractivity contribution >= 4 is 0 Å². The Balaban J connectivity index is 2.44. The van der Waals surface area contributed by atoms with Crippen molar-refractivity contribution in [1.29, 1.82) is 0 Å². The number of alkyl halides is 2. The van der Waals surface area contributed by atoms with E-state index < -0.39 is 6.17 Å². The normalized spacial score (nSPS) is 28.2. The molecule has 0 N–H and O–H groups in total. The molecule has 2 atom stereocenters. The largest absolute Gasteiger partial charge is 0.295 e. The first-order valence-electron chi connectivity index (χ1n) is 4.59. The number of halogens is 2. The maximum atomic E-state index is 12.8. The highest BCUT2D eigenvalue weighted by atomic mass is 19.1. The third-order valence-corrected chi connectivity index (χ3v) is 2.56. The van der Waals surface area contributed by atoms with Crippen molar-refractivity contribution in [2.75, 3.05) is 19.8 Å². The van der Waals surface area contributed by atoms with E-state index in [2.05, 4.69) is 0 Å². The van der Waals surface area contributed by atoms with Gasteiger partial charge in [-0.15, -0.1) is 0 Å². The van der Waals surface area contributed by atoms with Gasteiger partial charge in [0.05, 0.1) is 0 Å². The van der Waals surface area contributed by atoms with E-state index in [1.54, 1.807) is 0 Å². The summed E-state index contributed by atoms with van der Waals surface area (Å²) in [5, 5.41) is 0. The average molecular weight is 177 g/mol. The Morgan fingerprint density at radius 3 is 2.50 bits per heavy atom. The molecule has 0 aromatic carbocycles. The molecule has 0 aromatic rings. The molecule has 0 saturated carbocycles. The molecule has 1 aliphatic rings. The maximum absolute atomic E-state index is 12.8. The van der Waals surface area contributed by atoms with Gasteiger partial charge in [-0.05, 0) is 12.3 Å². The Bertz CT molecular complexity index is 138. The van der Waals surface area contributed by atoms with Gasteiger partial charge in [0.2, 0.25) is 0 Å². The molecule has 1 fully saturated rings. The Labute approximate surface area is 72.7 Å². The van der Waals surface area contributed by atoms with Gasteiger partial charge in [0.1, 0.15) is 12.8 Å². The summed E-state index contributed by atoms with van der Waals surface area (Å²) < 4.78 is 25.3. The van der Waals surface area contributed by atoms with E-state index in [0.717, 1.165) is 0 Å². The Morgan fingerprint density at radius 1 is 1.50 bits per heavy atom. The smallest absolute Gasteiger partial charge is 0.114 e. The molecule has 0 aliphatic carbocycles. The molecule has 0 bridgehead atoms. The highest BCUT2D eigenvalue weighted by molar-refractivity contribution is 4.82. The summed E-state index contributed by atoms with van der Waals surface area (Å²) in [6.07, 6.45) is -0.166. The molecule has 1 aliphatic heterocycles. The molecule has 0 aromatic heterocycles. The lowest BCUT2D eigenvalue weighted by Gasteiger charge is -2.27. The van der Waals surface area contributed by atoms with Gasteiger partial charge in [0.15, 0.2) is 0 Å². The zero-order valence-corrected chi connectivity index (χ0v) is 7.76. The molecule has 0 amide bonds. The van der Waals surface area contributed by atoms with Crippen LogP contribution in [0.2, 0.25) is 0 Å². The quantitative estimate of drug-likeness (QED) is 0.637. The second-order valence-electron chi connectivity index (χ2n) is 3.85. The summed E-state index contributed by atoms with van der Waals surface area (Å²) in [5.74, 6) is 0.278. The number of hydrogen-bond donors (Lipinski definition) is 0. The van der Waals surface area contributed by atoms with Crippen molar-refractivity contribution in [3.05, 3.63) is 0 Å². The monoisotopic (exact) mass is 177 g/mol. The van der Waals surface area contributed by atoms with E-state index in [4.69, 9.17) is 0 Å². The number of likely N-dealkylation sites (tertiary alicyclic amines) is 1. The molecule has 1 unspecified atom stereocenters. The third kappa shape index (κ3) is 2.16. The molecular formula is C9H17F2N. The third-order valence-electron chi connectivity index (χ3n) is 2.56. The van der Waals surface area contributed by atoms with Gasteiger partial charge in [-0.1, -0.05) is 13.8 Å². The van der Waals surface area contributed by atoms with Crippen molar-refractivity contribution in [2.24, 2.45) is 5.92 Å². The SMILES string of the molecule is CC(C)C(CF)N1CC[C@H](F)C1. The predicted molar refractivity (Wildman–Crippen MR) is 45.7 cm³/mol. The van der Waals surface area contributed by atoms with Crippen LogP contribution in [0.15, 0.2) is 0 Å². The fourth-order valence-electron chi connectivity index (χ4n) is 1.74. The second-order valence-corrected chi connectivity index (χ2v) is 3.85. The summed E-state index contributed by atoms with van der Waals surface area (Å²) in [6, 6.07) is -0.0780. The number of hydrogen-bond acceptors (Lipinski definition) is 1. The van der Waals surface area contributed by atoms with Crippen LogP contribution in [0.4, 0.5) is 8.78 Å². The summed E-state index contributed by atoms with van der Waals surface area (Å²) in [7, 11) is 0. The molecule has 72 valence electrons. The van der Waals surface area contributed by atoms with Crippen LogP contribution in [0.5, 0.6) is 0 Å². The number of rotatable bonds is 3. The molecule has 3 heteroatoms. The van der Waals surface area contributed by atoms with Crippen LogP contribution in [0.3, 0.4) is 0 Å². The Morgan fingerprint density at radius 2 is 2.17 bits per heavy atom. The minimum absolute atomic E-state index is 0.0780. The summed E-state index contributed by atoms with van der Waals surface area (Å²) in [6.45, 7) is 4.75. The van der Waals surface area contributed by atoms with Gasteiger partial charge in [-0.2, -0.15) is 0 Å². The highest BCUT2D eigenvalue weighted by Crippen LogP contribution is 2.19.